The first-order valence-corrected chi connectivity index (χ1v) is 20.1. The summed E-state index contributed by atoms with van der Waals surface area (Å²) in [5.41, 5.74) is 1.99. The van der Waals surface area contributed by atoms with Crippen LogP contribution in [0, 0.1) is 73.4 Å². The zero-order valence-electron chi connectivity index (χ0n) is 33.2. The Morgan fingerprint density at radius 3 is 2.25 bits per heavy atom. The summed E-state index contributed by atoms with van der Waals surface area (Å²) in [6.07, 6.45) is 11.1. The van der Waals surface area contributed by atoms with E-state index in [1.54, 1.807) is 13.8 Å². The normalized spacial score (nSPS) is 39.1. The minimum absolute atomic E-state index is 0.00796. The maximum absolute atomic E-state index is 13.8. The third kappa shape index (κ3) is 6.12. The number of benzene rings is 1. The van der Waals surface area contributed by atoms with E-state index in [4.69, 9.17) is 10.00 Å². The van der Waals surface area contributed by atoms with E-state index in [2.05, 4.69) is 59.5 Å². The SMILES string of the molecule is C=C(C)[C@@H]1CC[C@]2(CC(=O)NCc3ccc(C#N)cc3)CC[C@]3(C)[C@H](CC[C@@H]4[C@@]5(C)CC[C@H](OC(=O)CC(C)(C)C(=O)O)C(C)(C)[C@@H]5CC[C@]43C)[C@@H]12. The van der Waals surface area contributed by atoms with Gasteiger partial charge in [-0.3, -0.25) is 14.4 Å². The Labute approximate surface area is 312 Å². The molecule has 0 aromatic heterocycles. The molecule has 0 aliphatic heterocycles. The van der Waals surface area contributed by atoms with Gasteiger partial charge in [-0.15, -0.1) is 0 Å². The second-order valence-corrected chi connectivity index (χ2v) is 20.0. The number of nitrogens with zero attached hydrogens (tertiary/aromatic N) is 1. The number of ether oxygens (including phenoxy) is 1. The first-order valence-electron chi connectivity index (χ1n) is 20.1. The van der Waals surface area contributed by atoms with Gasteiger partial charge in [0.1, 0.15) is 6.10 Å². The molecule has 1 aromatic carbocycles. The Balaban J connectivity index is 1.21. The van der Waals surface area contributed by atoms with Gasteiger partial charge in [-0.1, -0.05) is 58.9 Å². The second-order valence-electron chi connectivity index (χ2n) is 20.0. The van der Waals surface area contributed by atoms with Crippen LogP contribution < -0.4 is 5.32 Å². The lowest BCUT2D eigenvalue weighted by Gasteiger charge is -2.73. The van der Waals surface area contributed by atoms with Gasteiger partial charge in [-0.25, -0.2) is 0 Å². The maximum Gasteiger partial charge on any atom is 0.309 e. The van der Waals surface area contributed by atoms with Crippen molar-refractivity contribution in [2.75, 3.05) is 0 Å². The summed E-state index contributed by atoms with van der Waals surface area (Å²) in [4.78, 5) is 38.6. The number of rotatable bonds is 9. The summed E-state index contributed by atoms with van der Waals surface area (Å²) >= 11 is 0. The van der Waals surface area contributed by atoms with Gasteiger partial charge in [0.05, 0.1) is 23.5 Å². The third-order valence-electron chi connectivity index (χ3n) is 16.7. The quantitative estimate of drug-likeness (QED) is 0.195. The fourth-order valence-corrected chi connectivity index (χ4v) is 13.7. The Hall–Kier alpha value is -3.14. The van der Waals surface area contributed by atoms with Gasteiger partial charge in [0, 0.05) is 18.4 Å². The standard InChI is InChI=1S/C45H64N2O5/c1-28(2)31-16-21-45(24-36(48)47-27-30-12-10-29(26-46)11-13-30)23-22-43(8)32(38(31)45)14-15-34-42(7)19-18-35(52-37(49)25-40(3,4)39(50)51)41(5,6)33(42)17-20-44(34,43)9/h10-13,31-35,38H,1,14-25,27H2,2-9H3,(H,47,48)(H,50,51)/t31-,32+,33-,34+,35-,38+,42-,43+,44+,45+/m0/s1. The first-order chi connectivity index (χ1) is 24.2. The van der Waals surface area contributed by atoms with E-state index in [0.29, 0.717) is 48.1 Å². The molecule has 0 bridgehead atoms. The minimum Gasteiger partial charge on any atom is -0.481 e. The summed E-state index contributed by atoms with van der Waals surface area (Å²) in [5.74, 6) is 1.17. The number of hydrogen-bond acceptors (Lipinski definition) is 5. The van der Waals surface area contributed by atoms with E-state index in [0.717, 1.165) is 56.9 Å². The van der Waals surface area contributed by atoms with Crippen LogP contribution in [0.3, 0.4) is 0 Å². The molecule has 0 heterocycles. The van der Waals surface area contributed by atoms with Gasteiger partial charge in [-0.2, -0.15) is 5.26 Å². The zero-order chi connectivity index (χ0) is 38.1. The third-order valence-corrected chi connectivity index (χ3v) is 16.7. The van der Waals surface area contributed by atoms with Crippen molar-refractivity contribution in [3.05, 3.63) is 47.5 Å². The number of carbonyl (C=O) groups excluding carboxylic acids is 2. The highest BCUT2D eigenvalue weighted by Crippen LogP contribution is 2.78. The molecule has 7 nitrogen and oxygen atoms in total. The number of fused-ring (bicyclic) bond motifs is 7. The predicted molar refractivity (Wildman–Crippen MR) is 203 cm³/mol. The van der Waals surface area contributed by atoms with Crippen molar-refractivity contribution < 1.29 is 24.2 Å². The molecule has 10 atom stereocenters. The van der Waals surface area contributed by atoms with E-state index >= 15 is 0 Å². The van der Waals surface area contributed by atoms with Crippen molar-refractivity contribution in [1.82, 2.24) is 5.32 Å². The molecular formula is C45H64N2O5. The lowest BCUT2D eigenvalue weighted by molar-refractivity contribution is -0.250. The molecule has 5 aliphatic rings. The molecule has 0 radical (unpaired) electrons. The van der Waals surface area contributed by atoms with Gasteiger partial charge in [0.2, 0.25) is 5.91 Å². The van der Waals surface area contributed by atoms with E-state index < -0.39 is 17.4 Å². The van der Waals surface area contributed by atoms with Crippen LogP contribution in [0.2, 0.25) is 0 Å². The van der Waals surface area contributed by atoms with Crippen molar-refractivity contribution in [3.63, 3.8) is 0 Å². The molecule has 2 N–H and O–H groups in total. The van der Waals surface area contributed by atoms with E-state index in [-0.39, 0.29) is 45.5 Å². The van der Waals surface area contributed by atoms with Gasteiger partial charge in [-0.05, 0) is 154 Å². The van der Waals surface area contributed by atoms with Crippen LogP contribution in [0.5, 0.6) is 0 Å². The van der Waals surface area contributed by atoms with Crippen LogP contribution in [-0.2, 0) is 25.7 Å². The summed E-state index contributed by atoms with van der Waals surface area (Å²) in [6, 6.07) is 9.64. The molecule has 1 aromatic rings. The van der Waals surface area contributed by atoms with Crippen LogP contribution in [-0.4, -0.2) is 29.1 Å². The fourth-order valence-electron chi connectivity index (χ4n) is 13.7. The number of amides is 1. The number of esters is 1. The molecular weight excluding hydrogens is 649 g/mol. The largest absolute Gasteiger partial charge is 0.481 e. The molecule has 5 aliphatic carbocycles. The summed E-state index contributed by atoms with van der Waals surface area (Å²) in [5, 5.41) is 22.0. The van der Waals surface area contributed by atoms with Crippen molar-refractivity contribution in [1.29, 1.82) is 5.26 Å². The van der Waals surface area contributed by atoms with Gasteiger partial charge >= 0.3 is 11.9 Å². The van der Waals surface area contributed by atoms with E-state index in [1.165, 1.54) is 18.4 Å². The lowest BCUT2D eigenvalue weighted by atomic mass is 9.32. The highest BCUT2D eigenvalue weighted by Gasteiger charge is 2.71. The molecule has 6 rings (SSSR count). The van der Waals surface area contributed by atoms with Crippen molar-refractivity contribution >= 4 is 17.8 Å². The number of nitriles is 1. The first kappa shape index (κ1) is 38.6. The molecule has 0 spiro atoms. The number of carboxylic acids is 1. The lowest BCUT2D eigenvalue weighted by Crippen LogP contribution is -2.67. The van der Waals surface area contributed by atoms with Gasteiger partial charge in [0.15, 0.2) is 0 Å². The van der Waals surface area contributed by atoms with Crippen LogP contribution >= 0.6 is 0 Å². The van der Waals surface area contributed by atoms with Crippen LogP contribution in [0.25, 0.3) is 0 Å². The topological polar surface area (TPSA) is 116 Å². The van der Waals surface area contributed by atoms with Crippen LogP contribution in [0.1, 0.15) is 144 Å². The zero-order valence-corrected chi connectivity index (χ0v) is 33.2. The smallest absolute Gasteiger partial charge is 0.309 e. The Kier molecular flexibility index (Phi) is 9.87. The van der Waals surface area contributed by atoms with Gasteiger partial charge in [0.25, 0.3) is 0 Å². The summed E-state index contributed by atoms with van der Waals surface area (Å²) < 4.78 is 6.17. The van der Waals surface area contributed by atoms with Crippen LogP contribution in [0.15, 0.2) is 36.4 Å². The summed E-state index contributed by atoms with van der Waals surface area (Å²) in [6.45, 7) is 22.8. The van der Waals surface area contributed by atoms with Crippen LogP contribution in [0.4, 0.5) is 0 Å². The molecule has 52 heavy (non-hydrogen) atoms. The maximum atomic E-state index is 13.8. The molecule has 5 saturated carbocycles. The Morgan fingerprint density at radius 1 is 0.923 bits per heavy atom. The number of nitrogens with one attached hydrogen (secondary N) is 1. The van der Waals surface area contributed by atoms with E-state index in [9.17, 15) is 19.5 Å². The van der Waals surface area contributed by atoms with Crippen molar-refractivity contribution in [2.24, 2.45) is 62.1 Å². The molecule has 1 amide bonds. The Morgan fingerprint density at radius 2 is 1.62 bits per heavy atom. The van der Waals surface area contributed by atoms with Crippen molar-refractivity contribution in [2.45, 2.75) is 145 Å². The monoisotopic (exact) mass is 712 g/mol. The van der Waals surface area contributed by atoms with Crippen molar-refractivity contribution in [3.8, 4) is 6.07 Å². The molecule has 0 unspecified atom stereocenters. The second kappa shape index (κ2) is 13.3. The molecule has 5 fully saturated rings. The Bertz CT molecular complexity index is 1640. The number of aliphatic carboxylic acids is 1. The van der Waals surface area contributed by atoms with Gasteiger partial charge < -0.3 is 15.2 Å². The molecule has 0 saturated heterocycles. The average Bonchev–Trinajstić information content (AvgIpc) is 3.45. The highest BCUT2D eigenvalue weighted by molar-refractivity contribution is 5.81. The highest BCUT2D eigenvalue weighted by atomic mass is 16.5. The minimum atomic E-state index is -1.15. The number of carbonyl (C=O) groups is 3. The number of carboxylic acid groups (broad SMARTS) is 1. The average molecular weight is 713 g/mol. The summed E-state index contributed by atoms with van der Waals surface area (Å²) in [7, 11) is 0. The van der Waals surface area contributed by atoms with E-state index in [1.807, 2.05) is 24.3 Å². The molecule has 7 heteroatoms. The predicted octanol–water partition coefficient (Wildman–Crippen LogP) is 9.63. The number of hydrogen-bond donors (Lipinski definition) is 2. The molecule has 284 valence electrons. The fraction of sp³-hybridized carbons (Fsp3) is 0.733. The number of allylic oxidation sites excluding steroid dienone is 1.